The van der Waals surface area contributed by atoms with Crippen LogP contribution in [0.4, 0.5) is 4.79 Å². The van der Waals surface area contributed by atoms with Gasteiger partial charge in [-0.3, -0.25) is 0 Å². The molecule has 0 amide bonds. The Morgan fingerprint density at radius 2 is 1.91 bits per heavy atom. The molecule has 0 spiro atoms. The van der Waals surface area contributed by atoms with Gasteiger partial charge in [0.25, 0.3) is 0 Å². The van der Waals surface area contributed by atoms with Crippen molar-refractivity contribution in [2.24, 2.45) is 0 Å². The zero-order valence-corrected chi connectivity index (χ0v) is 15.9. The van der Waals surface area contributed by atoms with Crippen LogP contribution in [0.3, 0.4) is 0 Å². The van der Waals surface area contributed by atoms with Gasteiger partial charge in [0.2, 0.25) is 0 Å². The molecule has 1 aromatic heterocycles. The second-order valence-corrected chi connectivity index (χ2v) is 12.5. The number of benzene rings is 1. The summed E-state index contributed by atoms with van der Waals surface area (Å²) in [4.78, 5) is 12.3. The third-order valence-corrected chi connectivity index (χ3v) is 3.89. The van der Waals surface area contributed by atoms with E-state index in [2.05, 4.69) is 36.2 Å². The maximum atomic E-state index is 12.3. The highest BCUT2D eigenvalue weighted by Crippen LogP contribution is 2.21. The quantitative estimate of drug-likeness (QED) is 0.533. The Bertz CT molecular complexity index is 812. The Morgan fingerprint density at radius 3 is 2.48 bits per heavy atom. The molecule has 122 valence electrons. The summed E-state index contributed by atoms with van der Waals surface area (Å²) in [6.45, 7) is 14.0. The van der Waals surface area contributed by atoms with Crippen molar-refractivity contribution >= 4 is 25.1 Å². The molecule has 0 atom stereocenters. The average Bonchev–Trinajstić information content (AvgIpc) is 2.71. The molecule has 0 unspecified atom stereocenters. The molecule has 2 aromatic rings. The number of nitrogens with zero attached hydrogens (tertiary/aromatic N) is 2. The lowest BCUT2D eigenvalue weighted by Crippen LogP contribution is -2.27. The van der Waals surface area contributed by atoms with Gasteiger partial charge in [0.15, 0.2) is 0 Å². The first-order valence-corrected chi connectivity index (χ1v) is 11.2. The number of aromatic nitrogens is 2. The maximum Gasteiger partial charge on any atom is 0.435 e. The van der Waals surface area contributed by atoms with E-state index >= 15 is 0 Å². The van der Waals surface area contributed by atoms with Crippen molar-refractivity contribution < 1.29 is 9.53 Å². The van der Waals surface area contributed by atoms with Gasteiger partial charge in [-0.25, -0.2) is 4.79 Å². The first-order valence-electron chi connectivity index (χ1n) is 7.72. The van der Waals surface area contributed by atoms with Crippen LogP contribution < -0.4 is 0 Å². The summed E-state index contributed by atoms with van der Waals surface area (Å²) in [6, 6.07) is 5.80. The standard InChI is InChI=1S/C18H24N2O2Si/c1-13-15-12-14(10-11-23(5,6)7)8-9-16(15)20(19-13)17(21)22-18(2,3)4/h8-9,12H,1-7H3. The molecule has 0 fully saturated rings. The maximum absolute atomic E-state index is 12.3. The van der Waals surface area contributed by atoms with Crippen LogP contribution in [0.1, 0.15) is 32.0 Å². The fraction of sp³-hybridized carbons (Fsp3) is 0.444. The van der Waals surface area contributed by atoms with Crippen LogP contribution in [0.15, 0.2) is 18.2 Å². The number of fused-ring (bicyclic) bond motifs is 1. The topological polar surface area (TPSA) is 44.1 Å². The predicted molar refractivity (Wildman–Crippen MR) is 96.3 cm³/mol. The monoisotopic (exact) mass is 328 g/mol. The van der Waals surface area contributed by atoms with Crippen LogP contribution in [0.2, 0.25) is 19.6 Å². The largest absolute Gasteiger partial charge is 0.442 e. The number of carbonyl (C=O) groups excluding carboxylic acids is 1. The molecular formula is C18H24N2O2Si. The van der Waals surface area contributed by atoms with Crippen LogP contribution in [-0.2, 0) is 4.74 Å². The predicted octanol–water partition coefficient (Wildman–Crippen LogP) is 4.36. The molecule has 1 aromatic carbocycles. The van der Waals surface area contributed by atoms with Gasteiger partial charge < -0.3 is 4.74 Å². The zero-order chi connectivity index (χ0) is 17.4. The molecule has 0 saturated heterocycles. The normalized spacial score (nSPS) is 12.0. The molecule has 5 heteroatoms. The van der Waals surface area contributed by atoms with Crippen molar-refractivity contribution in [2.75, 3.05) is 0 Å². The minimum absolute atomic E-state index is 0.462. The van der Waals surface area contributed by atoms with Crippen LogP contribution >= 0.6 is 0 Å². The highest BCUT2D eigenvalue weighted by atomic mass is 28.3. The fourth-order valence-electron chi connectivity index (χ4n) is 2.05. The smallest absolute Gasteiger partial charge is 0.435 e. The van der Waals surface area contributed by atoms with Crippen molar-refractivity contribution in [3.8, 4) is 11.5 Å². The number of rotatable bonds is 0. The van der Waals surface area contributed by atoms with Gasteiger partial charge in [0.05, 0.1) is 11.2 Å². The number of carbonyl (C=O) groups is 1. The van der Waals surface area contributed by atoms with Crippen molar-refractivity contribution in [3.63, 3.8) is 0 Å². The van der Waals surface area contributed by atoms with E-state index in [4.69, 9.17) is 4.74 Å². The summed E-state index contributed by atoms with van der Waals surface area (Å²) >= 11 is 0. The molecule has 0 saturated carbocycles. The fourth-order valence-corrected chi connectivity index (χ4v) is 2.57. The lowest BCUT2D eigenvalue weighted by molar-refractivity contribution is 0.0522. The van der Waals surface area contributed by atoms with Crippen LogP contribution in [-0.4, -0.2) is 29.5 Å². The first kappa shape index (κ1) is 17.3. The second kappa shape index (κ2) is 5.86. The molecule has 2 rings (SSSR count). The Labute approximate surface area is 138 Å². The van der Waals surface area contributed by atoms with E-state index in [0.717, 1.165) is 22.2 Å². The molecule has 23 heavy (non-hydrogen) atoms. The van der Waals surface area contributed by atoms with Gasteiger partial charge in [-0.1, -0.05) is 25.6 Å². The van der Waals surface area contributed by atoms with Crippen molar-refractivity contribution in [3.05, 3.63) is 29.5 Å². The van der Waals surface area contributed by atoms with Crippen molar-refractivity contribution in [2.45, 2.75) is 52.9 Å². The number of hydrogen-bond acceptors (Lipinski definition) is 3. The Balaban J connectivity index is 2.45. The van der Waals surface area contributed by atoms with E-state index in [9.17, 15) is 4.79 Å². The van der Waals surface area contributed by atoms with Crippen LogP contribution in [0.5, 0.6) is 0 Å². The van der Waals surface area contributed by atoms with E-state index in [1.54, 1.807) is 0 Å². The Hall–Kier alpha value is -2.06. The summed E-state index contributed by atoms with van der Waals surface area (Å²) in [7, 11) is -1.42. The summed E-state index contributed by atoms with van der Waals surface area (Å²) in [5, 5.41) is 5.26. The molecular weight excluding hydrogens is 304 g/mol. The third-order valence-electron chi connectivity index (χ3n) is 3.01. The number of aryl methyl sites for hydroxylation is 1. The molecule has 1 heterocycles. The summed E-state index contributed by atoms with van der Waals surface area (Å²) in [5.74, 6) is 3.24. The highest BCUT2D eigenvalue weighted by Gasteiger charge is 2.21. The van der Waals surface area contributed by atoms with Crippen LogP contribution in [0, 0.1) is 18.4 Å². The molecule has 0 radical (unpaired) electrons. The molecule has 0 aliphatic carbocycles. The summed E-state index contributed by atoms with van der Waals surface area (Å²) in [6.07, 6.45) is -0.462. The molecule has 0 aliphatic heterocycles. The molecule has 4 nitrogen and oxygen atoms in total. The second-order valence-electron chi connectivity index (χ2n) is 7.71. The van der Waals surface area contributed by atoms with E-state index in [-0.39, 0.29) is 0 Å². The number of hydrogen-bond donors (Lipinski definition) is 0. The number of ether oxygens (including phenoxy) is 1. The SMILES string of the molecule is Cc1nn(C(=O)OC(C)(C)C)c2ccc(C#C[Si](C)(C)C)cc12. The van der Waals surface area contributed by atoms with E-state index < -0.39 is 19.8 Å². The zero-order valence-electron chi connectivity index (χ0n) is 14.9. The molecule has 0 bridgehead atoms. The van der Waals surface area contributed by atoms with Crippen LogP contribution in [0.25, 0.3) is 10.9 Å². The van der Waals surface area contributed by atoms with Gasteiger partial charge in [0, 0.05) is 10.9 Å². The van der Waals surface area contributed by atoms with E-state index in [1.807, 2.05) is 45.9 Å². The van der Waals surface area contributed by atoms with Crippen molar-refractivity contribution in [1.82, 2.24) is 9.78 Å². The summed E-state index contributed by atoms with van der Waals surface area (Å²) in [5.41, 5.74) is 5.29. The Kier molecular flexibility index (Phi) is 4.40. The lowest BCUT2D eigenvalue weighted by Gasteiger charge is -2.19. The summed E-state index contributed by atoms with van der Waals surface area (Å²) < 4.78 is 6.73. The van der Waals surface area contributed by atoms with Gasteiger partial charge in [0.1, 0.15) is 13.7 Å². The molecule has 0 N–H and O–H groups in total. The average molecular weight is 328 g/mol. The lowest BCUT2D eigenvalue weighted by atomic mass is 10.1. The highest BCUT2D eigenvalue weighted by molar-refractivity contribution is 6.83. The van der Waals surface area contributed by atoms with E-state index in [1.165, 1.54) is 4.68 Å². The van der Waals surface area contributed by atoms with Gasteiger partial charge in [-0.05, 0) is 45.9 Å². The minimum atomic E-state index is -1.42. The first-order chi connectivity index (χ1) is 10.5. The van der Waals surface area contributed by atoms with Gasteiger partial charge in [-0.15, -0.1) is 5.54 Å². The Morgan fingerprint density at radius 1 is 1.26 bits per heavy atom. The third kappa shape index (κ3) is 4.46. The van der Waals surface area contributed by atoms with E-state index in [0.29, 0.717) is 0 Å². The molecule has 0 aliphatic rings. The van der Waals surface area contributed by atoms with Crippen molar-refractivity contribution in [1.29, 1.82) is 0 Å². The van der Waals surface area contributed by atoms with Gasteiger partial charge >= 0.3 is 6.09 Å². The van der Waals surface area contributed by atoms with Gasteiger partial charge in [-0.2, -0.15) is 9.78 Å². The minimum Gasteiger partial charge on any atom is -0.442 e.